The first-order valence-electron chi connectivity index (χ1n) is 7.35. The highest BCUT2D eigenvalue weighted by atomic mass is 35.5. The second kappa shape index (κ2) is 7.07. The Bertz CT molecular complexity index is 403. The molecule has 0 aromatic carbocycles. The molecule has 108 valence electrons. The van der Waals surface area contributed by atoms with Gasteiger partial charge in [0.2, 0.25) is 0 Å². The van der Waals surface area contributed by atoms with Crippen LogP contribution < -0.4 is 5.32 Å². The molecule has 2 nitrogen and oxygen atoms in total. The number of thiophene rings is 1. The van der Waals surface area contributed by atoms with Crippen LogP contribution in [0.5, 0.6) is 0 Å². The van der Waals surface area contributed by atoms with Crippen molar-refractivity contribution in [3.05, 3.63) is 20.8 Å². The SMILES string of the molecule is CCC(CC)C(O)CNC1CCCc2sc(Cl)cc21. The Kier molecular flexibility index (Phi) is 5.70. The third kappa shape index (κ3) is 3.72. The molecule has 0 aliphatic heterocycles. The third-order valence-electron chi connectivity index (χ3n) is 4.25. The summed E-state index contributed by atoms with van der Waals surface area (Å²) in [7, 11) is 0. The summed E-state index contributed by atoms with van der Waals surface area (Å²) in [5.74, 6) is 0.404. The van der Waals surface area contributed by atoms with Crippen molar-refractivity contribution < 1.29 is 5.11 Å². The minimum absolute atomic E-state index is 0.241. The minimum atomic E-state index is -0.241. The average Bonchev–Trinajstić information content (AvgIpc) is 2.78. The van der Waals surface area contributed by atoms with Crippen molar-refractivity contribution in [3.8, 4) is 0 Å². The summed E-state index contributed by atoms with van der Waals surface area (Å²) >= 11 is 7.82. The highest BCUT2D eigenvalue weighted by Gasteiger charge is 2.24. The Hall–Kier alpha value is -0.0900. The van der Waals surface area contributed by atoms with E-state index in [4.69, 9.17) is 11.6 Å². The van der Waals surface area contributed by atoms with Gasteiger partial charge >= 0.3 is 0 Å². The van der Waals surface area contributed by atoms with E-state index in [2.05, 4.69) is 25.2 Å². The molecule has 0 bridgehead atoms. The van der Waals surface area contributed by atoms with E-state index in [0.717, 1.165) is 30.0 Å². The molecule has 4 heteroatoms. The van der Waals surface area contributed by atoms with Crippen LogP contribution in [0.2, 0.25) is 4.34 Å². The van der Waals surface area contributed by atoms with Crippen molar-refractivity contribution in [1.29, 1.82) is 0 Å². The van der Waals surface area contributed by atoms with E-state index < -0.39 is 0 Å². The van der Waals surface area contributed by atoms with Crippen LogP contribution in [0.15, 0.2) is 6.07 Å². The van der Waals surface area contributed by atoms with Gasteiger partial charge in [0.25, 0.3) is 0 Å². The number of hydrogen-bond donors (Lipinski definition) is 2. The molecule has 1 aliphatic carbocycles. The normalized spacial score (nSPS) is 20.6. The van der Waals surface area contributed by atoms with Gasteiger partial charge in [0, 0.05) is 17.5 Å². The Labute approximate surface area is 125 Å². The maximum absolute atomic E-state index is 10.2. The van der Waals surface area contributed by atoms with Crippen LogP contribution in [-0.4, -0.2) is 17.8 Å². The van der Waals surface area contributed by atoms with Gasteiger partial charge in [0.15, 0.2) is 0 Å². The van der Waals surface area contributed by atoms with E-state index in [9.17, 15) is 5.11 Å². The fraction of sp³-hybridized carbons (Fsp3) is 0.733. The van der Waals surface area contributed by atoms with Gasteiger partial charge in [-0.1, -0.05) is 38.3 Å². The quantitative estimate of drug-likeness (QED) is 0.826. The second-order valence-corrected chi connectivity index (χ2v) is 7.19. The summed E-state index contributed by atoms with van der Waals surface area (Å²) in [5.41, 5.74) is 1.36. The van der Waals surface area contributed by atoms with Crippen molar-refractivity contribution >= 4 is 22.9 Å². The molecule has 0 fully saturated rings. The van der Waals surface area contributed by atoms with Gasteiger partial charge in [-0.15, -0.1) is 11.3 Å². The van der Waals surface area contributed by atoms with Crippen LogP contribution in [0, 0.1) is 5.92 Å². The molecule has 0 spiro atoms. The number of fused-ring (bicyclic) bond motifs is 1. The van der Waals surface area contributed by atoms with E-state index in [0.29, 0.717) is 18.5 Å². The van der Waals surface area contributed by atoms with Crippen LogP contribution in [0.25, 0.3) is 0 Å². The molecular weight excluding hydrogens is 278 g/mol. The smallest absolute Gasteiger partial charge is 0.0934 e. The summed E-state index contributed by atoms with van der Waals surface area (Å²) < 4.78 is 0.888. The van der Waals surface area contributed by atoms with Gasteiger partial charge in [-0.2, -0.15) is 0 Å². The average molecular weight is 302 g/mol. The fourth-order valence-corrected chi connectivity index (χ4v) is 4.38. The lowest BCUT2D eigenvalue weighted by molar-refractivity contribution is 0.0975. The first-order valence-corrected chi connectivity index (χ1v) is 8.54. The number of aliphatic hydroxyl groups excluding tert-OH is 1. The van der Waals surface area contributed by atoms with Crippen molar-refractivity contribution in [2.45, 2.75) is 58.1 Å². The Morgan fingerprint density at radius 1 is 1.47 bits per heavy atom. The molecule has 0 radical (unpaired) electrons. The van der Waals surface area contributed by atoms with Gasteiger partial charge in [0.05, 0.1) is 10.4 Å². The summed E-state index contributed by atoms with van der Waals surface area (Å²) in [6.45, 7) is 4.98. The topological polar surface area (TPSA) is 32.3 Å². The summed E-state index contributed by atoms with van der Waals surface area (Å²) in [4.78, 5) is 1.42. The molecule has 19 heavy (non-hydrogen) atoms. The number of aliphatic hydroxyl groups is 1. The zero-order valence-electron chi connectivity index (χ0n) is 11.8. The molecule has 1 aliphatic rings. The zero-order chi connectivity index (χ0) is 13.8. The molecule has 2 unspecified atom stereocenters. The molecule has 0 saturated carbocycles. The highest BCUT2D eigenvalue weighted by molar-refractivity contribution is 7.16. The van der Waals surface area contributed by atoms with E-state index in [-0.39, 0.29) is 6.10 Å². The van der Waals surface area contributed by atoms with Crippen LogP contribution in [0.3, 0.4) is 0 Å². The number of rotatable bonds is 6. The molecule has 2 atom stereocenters. The Balaban J connectivity index is 1.94. The number of hydrogen-bond acceptors (Lipinski definition) is 3. The van der Waals surface area contributed by atoms with Crippen LogP contribution in [-0.2, 0) is 6.42 Å². The van der Waals surface area contributed by atoms with E-state index >= 15 is 0 Å². The third-order valence-corrected chi connectivity index (χ3v) is 5.59. The molecule has 2 N–H and O–H groups in total. The lowest BCUT2D eigenvalue weighted by Crippen LogP contribution is -2.35. The first-order chi connectivity index (χ1) is 9.15. The molecular formula is C15H24ClNOS. The molecule has 1 aromatic heterocycles. The van der Waals surface area contributed by atoms with Gasteiger partial charge in [-0.05, 0) is 36.8 Å². The molecule has 1 aromatic rings. The summed E-state index contributed by atoms with van der Waals surface area (Å²) in [6.07, 6.45) is 5.35. The standard InChI is InChI=1S/C15H24ClNOS/c1-3-10(4-2)13(18)9-17-12-6-5-7-14-11(12)8-15(16)19-14/h8,10,12-13,17-18H,3-7,9H2,1-2H3. The van der Waals surface area contributed by atoms with Crippen LogP contribution in [0.4, 0.5) is 0 Å². The number of aryl methyl sites for hydroxylation is 1. The first kappa shape index (κ1) is 15.3. The fourth-order valence-electron chi connectivity index (χ4n) is 3.00. The van der Waals surface area contributed by atoms with Crippen molar-refractivity contribution in [1.82, 2.24) is 5.32 Å². The lowest BCUT2D eigenvalue weighted by atomic mass is 9.92. The maximum atomic E-state index is 10.2. The predicted octanol–water partition coefficient (Wildman–Crippen LogP) is 4.17. The molecule has 2 rings (SSSR count). The van der Waals surface area contributed by atoms with Crippen molar-refractivity contribution in [2.75, 3.05) is 6.54 Å². The number of nitrogens with one attached hydrogen (secondary N) is 1. The molecule has 1 heterocycles. The second-order valence-electron chi connectivity index (χ2n) is 5.43. The van der Waals surface area contributed by atoms with Crippen molar-refractivity contribution in [2.24, 2.45) is 5.92 Å². The monoisotopic (exact) mass is 301 g/mol. The van der Waals surface area contributed by atoms with Crippen LogP contribution in [0.1, 0.15) is 56.0 Å². The lowest BCUT2D eigenvalue weighted by Gasteiger charge is -2.27. The van der Waals surface area contributed by atoms with Gasteiger partial charge in [0.1, 0.15) is 0 Å². The van der Waals surface area contributed by atoms with Crippen LogP contribution >= 0.6 is 22.9 Å². The molecule has 0 saturated heterocycles. The highest BCUT2D eigenvalue weighted by Crippen LogP contribution is 2.37. The number of halogens is 1. The van der Waals surface area contributed by atoms with E-state index in [1.165, 1.54) is 16.9 Å². The predicted molar refractivity (Wildman–Crippen MR) is 83.1 cm³/mol. The minimum Gasteiger partial charge on any atom is -0.392 e. The van der Waals surface area contributed by atoms with Crippen molar-refractivity contribution in [3.63, 3.8) is 0 Å². The summed E-state index contributed by atoms with van der Waals surface area (Å²) in [5, 5.41) is 13.7. The van der Waals surface area contributed by atoms with E-state index in [1.54, 1.807) is 11.3 Å². The Morgan fingerprint density at radius 3 is 2.89 bits per heavy atom. The van der Waals surface area contributed by atoms with Gasteiger partial charge in [-0.3, -0.25) is 0 Å². The van der Waals surface area contributed by atoms with E-state index in [1.807, 2.05) is 0 Å². The van der Waals surface area contributed by atoms with Gasteiger partial charge in [-0.25, -0.2) is 0 Å². The summed E-state index contributed by atoms with van der Waals surface area (Å²) in [6, 6.07) is 2.47. The Morgan fingerprint density at radius 2 is 2.21 bits per heavy atom. The molecule has 0 amide bonds. The zero-order valence-corrected chi connectivity index (χ0v) is 13.4. The van der Waals surface area contributed by atoms with Gasteiger partial charge < -0.3 is 10.4 Å². The maximum Gasteiger partial charge on any atom is 0.0934 e. The largest absolute Gasteiger partial charge is 0.392 e.